The Labute approximate surface area is 163 Å². The highest BCUT2D eigenvalue weighted by Gasteiger charge is 2.37. The van der Waals surface area contributed by atoms with Crippen LogP contribution >= 0.6 is 0 Å². The zero-order valence-corrected chi connectivity index (χ0v) is 15.0. The van der Waals surface area contributed by atoms with Gasteiger partial charge < -0.3 is 9.80 Å². The Morgan fingerprint density at radius 3 is 2.38 bits per heavy atom. The molecule has 0 aromatic heterocycles. The maximum atomic E-state index is 13.2. The summed E-state index contributed by atoms with van der Waals surface area (Å²) in [7, 11) is 0. The van der Waals surface area contributed by atoms with E-state index in [9.17, 15) is 4.79 Å². The second kappa shape index (κ2) is 8.05. The number of hydrogen-bond donors (Lipinski definition) is 0. The topological polar surface area (TPSA) is 23.6 Å². The lowest BCUT2D eigenvalue weighted by atomic mass is 10.0. The first-order chi connectivity index (χ1) is 14.9. The molecule has 0 N–H and O–H groups in total. The van der Waals surface area contributed by atoms with Crippen molar-refractivity contribution in [2.45, 2.75) is 38.1 Å². The van der Waals surface area contributed by atoms with Crippen molar-refractivity contribution in [1.29, 1.82) is 0 Å². The fourth-order valence-electron chi connectivity index (χ4n) is 3.70. The number of anilines is 1. The van der Waals surface area contributed by atoms with Crippen molar-refractivity contribution in [3.63, 3.8) is 0 Å². The third kappa shape index (κ3) is 4.16. The van der Waals surface area contributed by atoms with Crippen molar-refractivity contribution in [1.82, 2.24) is 4.90 Å². The third-order valence-corrected chi connectivity index (χ3v) is 5.37. The first kappa shape index (κ1) is 12.3. The Balaban J connectivity index is 1.52. The predicted molar refractivity (Wildman–Crippen MR) is 106 cm³/mol. The number of amides is 1. The minimum Gasteiger partial charge on any atom is -0.309 e. The van der Waals surface area contributed by atoms with Crippen LogP contribution in [0.3, 0.4) is 0 Å². The van der Waals surface area contributed by atoms with Crippen LogP contribution in [0, 0.1) is 5.92 Å². The van der Waals surface area contributed by atoms with Gasteiger partial charge in [-0.2, -0.15) is 0 Å². The summed E-state index contributed by atoms with van der Waals surface area (Å²) in [6.45, 7) is 2.59. The van der Waals surface area contributed by atoms with E-state index in [1.807, 2.05) is 18.2 Å². The van der Waals surface area contributed by atoms with Crippen molar-refractivity contribution in [3.8, 4) is 0 Å². The summed E-state index contributed by atoms with van der Waals surface area (Å²) in [6, 6.07) is 8.44. The number of rotatable bonds is 6. The van der Waals surface area contributed by atoms with Crippen LogP contribution in [-0.2, 0) is 11.2 Å². The molecule has 2 aromatic rings. The predicted octanol–water partition coefficient (Wildman–Crippen LogP) is 4.14. The van der Waals surface area contributed by atoms with E-state index >= 15 is 0 Å². The maximum Gasteiger partial charge on any atom is 0.230 e. The first-order valence-electron chi connectivity index (χ1n) is 12.0. The quantitative estimate of drug-likeness (QED) is 0.779. The van der Waals surface area contributed by atoms with Crippen LogP contribution in [0.1, 0.15) is 38.1 Å². The molecule has 1 aliphatic heterocycles. The molecule has 0 bridgehead atoms. The van der Waals surface area contributed by atoms with Gasteiger partial charge in [0.25, 0.3) is 0 Å². The lowest BCUT2D eigenvalue weighted by Gasteiger charge is -2.38. The van der Waals surface area contributed by atoms with Crippen molar-refractivity contribution in [2.24, 2.45) is 5.92 Å². The molecule has 2 aromatic carbocycles. The van der Waals surface area contributed by atoms with Gasteiger partial charge in [-0.05, 0) is 49.8 Å². The lowest BCUT2D eigenvalue weighted by Crippen LogP contribution is -2.48. The number of benzene rings is 2. The smallest absolute Gasteiger partial charge is 0.230 e. The highest BCUT2D eigenvalue weighted by molar-refractivity contribution is 5.97. The minimum absolute atomic E-state index is 0.0469. The van der Waals surface area contributed by atoms with Gasteiger partial charge in [-0.25, -0.2) is 0 Å². The van der Waals surface area contributed by atoms with Gasteiger partial charge in [0.05, 0.1) is 6.85 Å². The summed E-state index contributed by atoms with van der Waals surface area (Å²) < 4.78 is 40.6. The molecule has 4 rings (SSSR count). The molecule has 1 saturated heterocycles. The van der Waals surface area contributed by atoms with E-state index in [-0.39, 0.29) is 47.7 Å². The number of para-hydroxylation sites is 1. The van der Waals surface area contributed by atoms with Gasteiger partial charge in [0.1, 0.15) is 0 Å². The molecule has 0 atom stereocenters. The van der Waals surface area contributed by atoms with Gasteiger partial charge in [0, 0.05) is 37.3 Å². The molecule has 3 heteroatoms. The van der Waals surface area contributed by atoms with Gasteiger partial charge >= 0.3 is 0 Å². The molecular weight excluding hydrogens is 320 g/mol. The average molecular weight is 354 g/mol. The van der Waals surface area contributed by atoms with E-state index in [1.54, 1.807) is 4.90 Å². The van der Waals surface area contributed by atoms with Crippen LogP contribution in [0.5, 0.6) is 0 Å². The zero-order valence-electron chi connectivity index (χ0n) is 20.0. The largest absolute Gasteiger partial charge is 0.309 e. The second-order valence-electron chi connectivity index (χ2n) is 7.26. The van der Waals surface area contributed by atoms with E-state index in [1.165, 1.54) is 5.56 Å². The van der Waals surface area contributed by atoms with E-state index in [0.29, 0.717) is 0 Å². The normalized spacial score (nSPS) is 21.3. The van der Waals surface area contributed by atoms with Crippen molar-refractivity contribution >= 4 is 11.6 Å². The molecular formula is C23H28N2O. The second-order valence-corrected chi connectivity index (χ2v) is 7.26. The fourth-order valence-corrected chi connectivity index (χ4v) is 3.70. The Bertz CT molecular complexity index is 927. The van der Waals surface area contributed by atoms with Crippen LogP contribution < -0.4 is 4.90 Å². The molecule has 3 nitrogen and oxygen atoms in total. The molecule has 0 unspecified atom stereocenters. The van der Waals surface area contributed by atoms with E-state index in [2.05, 4.69) is 17.0 Å². The Hall–Kier alpha value is -2.13. The fraction of sp³-hybridized carbons (Fsp3) is 0.435. The number of carbonyl (C=O) groups is 1. The summed E-state index contributed by atoms with van der Waals surface area (Å²) in [5.74, 6) is -0.185. The van der Waals surface area contributed by atoms with Crippen LogP contribution in [-0.4, -0.2) is 36.5 Å². The summed E-state index contributed by atoms with van der Waals surface area (Å²) in [5.41, 5.74) is 1.35. The van der Waals surface area contributed by atoms with E-state index < -0.39 is 6.04 Å². The SMILES string of the molecule is [2H]c1c([2H])c([2H])c(N(C(=O)C2CC2)C2CCN(CCc3ccccc3)CC2)c([2H])c1[2H]. The third-order valence-electron chi connectivity index (χ3n) is 5.37. The van der Waals surface area contributed by atoms with Crippen LogP contribution in [0.15, 0.2) is 60.5 Å². The molecule has 0 spiro atoms. The summed E-state index contributed by atoms with van der Waals surface area (Å²) in [5, 5.41) is 0. The molecule has 1 heterocycles. The lowest BCUT2D eigenvalue weighted by molar-refractivity contribution is -0.120. The highest BCUT2D eigenvalue weighted by atomic mass is 16.2. The molecule has 26 heavy (non-hydrogen) atoms. The zero-order chi connectivity index (χ0) is 22.1. The van der Waals surface area contributed by atoms with Crippen LogP contribution in [0.2, 0.25) is 0 Å². The minimum atomic E-state index is -0.423. The molecule has 1 saturated carbocycles. The Kier molecular flexibility index (Phi) is 3.80. The van der Waals surface area contributed by atoms with Crippen LogP contribution in [0.25, 0.3) is 0 Å². The Morgan fingerprint density at radius 1 is 1.04 bits per heavy atom. The standard InChI is InChI=1S/C23H28N2O/c26-23(20-11-12-20)25(21-9-5-2-6-10-21)22-14-17-24(18-15-22)16-13-19-7-3-1-4-8-19/h1-10,20,22H,11-18H2/i2D,5D,6D,9D,10D. The van der Waals surface area contributed by atoms with Gasteiger partial charge in [0.2, 0.25) is 5.91 Å². The number of hydrogen-bond acceptors (Lipinski definition) is 2. The van der Waals surface area contributed by atoms with Crippen molar-refractivity contribution in [2.75, 3.05) is 24.5 Å². The first-order valence-corrected chi connectivity index (χ1v) is 9.54. The average Bonchev–Trinajstić information content (AvgIpc) is 3.64. The van der Waals surface area contributed by atoms with Crippen LogP contribution in [0.4, 0.5) is 5.69 Å². The van der Waals surface area contributed by atoms with Crippen molar-refractivity contribution in [3.05, 3.63) is 66.1 Å². The van der Waals surface area contributed by atoms with Crippen molar-refractivity contribution < 1.29 is 11.6 Å². The molecule has 1 aliphatic carbocycles. The summed E-state index contributed by atoms with van der Waals surface area (Å²) in [4.78, 5) is 17.1. The maximum absolute atomic E-state index is 13.2. The number of carbonyl (C=O) groups excluding carboxylic acids is 1. The Morgan fingerprint density at radius 2 is 1.73 bits per heavy atom. The number of likely N-dealkylation sites (tertiary alicyclic amines) is 1. The molecule has 1 amide bonds. The van der Waals surface area contributed by atoms with E-state index in [4.69, 9.17) is 6.85 Å². The van der Waals surface area contributed by atoms with Gasteiger partial charge in [-0.1, -0.05) is 48.5 Å². The van der Waals surface area contributed by atoms with E-state index in [0.717, 1.165) is 51.7 Å². The highest BCUT2D eigenvalue weighted by Crippen LogP contribution is 2.35. The molecule has 136 valence electrons. The summed E-state index contributed by atoms with van der Waals surface area (Å²) >= 11 is 0. The molecule has 2 aliphatic rings. The molecule has 2 fully saturated rings. The number of piperidine rings is 1. The number of nitrogens with zero attached hydrogens (tertiary/aromatic N) is 2. The van der Waals surface area contributed by atoms with Gasteiger partial charge in [-0.3, -0.25) is 4.79 Å². The van der Waals surface area contributed by atoms with Gasteiger partial charge in [-0.15, -0.1) is 0 Å². The molecule has 0 radical (unpaired) electrons. The monoisotopic (exact) mass is 353 g/mol. The summed E-state index contributed by atoms with van der Waals surface area (Å²) in [6.07, 6.45) is 4.05. The van der Waals surface area contributed by atoms with Gasteiger partial charge in [0.15, 0.2) is 0 Å².